The molecular weight excluding hydrogens is 324 g/mol. The zero-order valence-electron chi connectivity index (χ0n) is 14.2. The van der Waals surface area contributed by atoms with E-state index in [1.54, 1.807) is 7.11 Å². The average Bonchev–Trinajstić information content (AvgIpc) is 3.00. The Morgan fingerprint density at radius 3 is 2.79 bits per heavy atom. The highest BCUT2D eigenvalue weighted by molar-refractivity contribution is 7.88. The van der Waals surface area contributed by atoms with Crippen LogP contribution in [0.2, 0.25) is 0 Å². The molecule has 0 spiro atoms. The number of hydrogen-bond acceptors (Lipinski definition) is 4. The number of benzene rings is 2. The van der Waals surface area contributed by atoms with E-state index in [2.05, 4.69) is 27.8 Å². The summed E-state index contributed by atoms with van der Waals surface area (Å²) in [5, 5.41) is 2.43. The fraction of sp³-hybridized carbons (Fsp3) is 0.444. The first kappa shape index (κ1) is 17.2. The molecule has 5 nitrogen and oxygen atoms in total. The number of methoxy groups -OCH3 is 1. The van der Waals surface area contributed by atoms with E-state index in [1.165, 1.54) is 22.6 Å². The summed E-state index contributed by atoms with van der Waals surface area (Å²) >= 11 is 0. The van der Waals surface area contributed by atoms with Crippen LogP contribution in [0.25, 0.3) is 10.8 Å². The topological polar surface area (TPSA) is 58.6 Å². The molecule has 1 aliphatic heterocycles. The monoisotopic (exact) mass is 348 g/mol. The number of nitrogens with one attached hydrogen (secondary N) is 1. The molecule has 1 fully saturated rings. The van der Waals surface area contributed by atoms with E-state index in [4.69, 9.17) is 4.74 Å². The standard InChI is InChI=1S/C18H24N2O3S/c1-23-18-8-7-15-5-3-4-6-16(15)17(18)13-20-10-9-14(12-20)11-19-24(2,21)22/h3-8,14,19H,9-13H2,1-2H3/t14-/m1/s1. The Morgan fingerprint density at radius 2 is 2.04 bits per heavy atom. The molecule has 0 amide bonds. The predicted molar refractivity (Wildman–Crippen MR) is 96.7 cm³/mol. The molecule has 0 saturated carbocycles. The first-order chi connectivity index (χ1) is 11.5. The van der Waals surface area contributed by atoms with Crippen molar-refractivity contribution in [2.24, 2.45) is 5.92 Å². The Hall–Kier alpha value is -1.63. The SMILES string of the molecule is COc1ccc2ccccc2c1CN1CC[C@H](CNS(C)(=O)=O)C1. The lowest BCUT2D eigenvalue weighted by atomic mass is 10.0. The van der Waals surface area contributed by atoms with E-state index < -0.39 is 10.0 Å². The van der Waals surface area contributed by atoms with Crippen LogP contribution in [0.4, 0.5) is 0 Å². The summed E-state index contributed by atoms with van der Waals surface area (Å²) in [4.78, 5) is 2.37. The summed E-state index contributed by atoms with van der Waals surface area (Å²) in [5.41, 5.74) is 1.20. The molecule has 1 aliphatic rings. The van der Waals surface area contributed by atoms with Gasteiger partial charge in [0.1, 0.15) is 5.75 Å². The number of ether oxygens (including phenoxy) is 1. The predicted octanol–water partition coefficient (Wildman–Crippen LogP) is 2.22. The molecule has 2 aromatic carbocycles. The third kappa shape index (κ3) is 4.06. The van der Waals surface area contributed by atoms with Crippen LogP contribution in [0.3, 0.4) is 0 Å². The van der Waals surface area contributed by atoms with Gasteiger partial charge in [-0.25, -0.2) is 13.1 Å². The van der Waals surface area contributed by atoms with Crippen LogP contribution in [-0.4, -0.2) is 46.3 Å². The van der Waals surface area contributed by atoms with Crippen LogP contribution in [0, 0.1) is 5.92 Å². The molecule has 0 aliphatic carbocycles. The minimum Gasteiger partial charge on any atom is -0.496 e. The summed E-state index contributed by atoms with van der Waals surface area (Å²) in [5.74, 6) is 1.27. The number of nitrogens with zero attached hydrogens (tertiary/aromatic N) is 1. The Bertz CT molecular complexity index is 820. The lowest BCUT2D eigenvalue weighted by Gasteiger charge is -2.19. The normalized spacial score (nSPS) is 19.0. The van der Waals surface area contributed by atoms with Crippen molar-refractivity contribution in [1.82, 2.24) is 9.62 Å². The molecule has 6 heteroatoms. The first-order valence-corrected chi connectivity index (χ1v) is 10.1. The second-order valence-corrected chi connectivity index (χ2v) is 8.31. The number of hydrogen-bond donors (Lipinski definition) is 1. The summed E-state index contributed by atoms with van der Waals surface area (Å²) < 4.78 is 30.7. The number of rotatable bonds is 6. The lowest BCUT2D eigenvalue weighted by molar-refractivity contribution is 0.309. The average molecular weight is 348 g/mol. The quantitative estimate of drug-likeness (QED) is 0.870. The van der Waals surface area contributed by atoms with Gasteiger partial charge in [0.05, 0.1) is 13.4 Å². The van der Waals surface area contributed by atoms with Crippen molar-refractivity contribution >= 4 is 20.8 Å². The van der Waals surface area contributed by atoms with E-state index in [0.717, 1.165) is 31.8 Å². The molecule has 2 aromatic rings. The van der Waals surface area contributed by atoms with Gasteiger partial charge in [-0.05, 0) is 35.7 Å². The van der Waals surface area contributed by atoms with Crippen LogP contribution in [0.15, 0.2) is 36.4 Å². The first-order valence-electron chi connectivity index (χ1n) is 8.18. The number of fused-ring (bicyclic) bond motifs is 1. The molecule has 24 heavy (non-hydrogen) atoms. The van der Waals surface area contributed by atoms with Crippen molar-refractivity contribution in [3.05, 3.63) is 42.0 Å². The molecule has 1 heterocycles. The van der Waals surface area contributed by atoms with Crippen molar-refractivity contribution in [3.8, 4) is 5.75 Å². The highest BCUT2D eigenvalue weighted by Gasteiger charge is 2.24. The largest absolute Gasteiger partial charge is 0.496 e. The Labute approximate surface area is 143 Å². The van der Waals surface area contributed by atoms with Crippen LogP contribution in [0.5, 0.6) is 5.75 Å². The van der Waals surface area contributed by atoms with Gasteiger partial charge in [-0.15, -0.1) is 0 Å². The van der Waals surface area contributed by atoms with Gasteiger partial charge in [-0.2, -0.15) is 0 Å². The molecule has 3 rings (SSSR count). The zero-order chi connectivity index (χ0) is 17.2. The van der Waals surface area contributed by atoms with E-state index in [-0.39, 0.29) is 0 Å². The van der Waals surface area contributed by atoms with Crippen LogP contribution in [-0.2, 0) is 16.6 Å². The van der Waals surface area contributed by atoms with Crippen molar-refractivity contribution in [2.75, 3.05) is 33.0 Å². The third-order valence-electron chi connectivity index (χ3n) is 4.60. The maximum absolute atomic E-state index is 11.2. The smallest absolute Gasteiger partial charge is 0.208 e. The lowest BCUT2D eigenvalue weighted by Crippen LogP contribution is -2.30. The maximum atomic E-state index is 11.2. The van der Waals surface area contributed by atoms with Gasteiger partial charge in [-0.3, -0.25) is 4.90 Å². The van der Waals surface area contributed by atoms with Gasteiger partial charge in [0.2, 0.25) is 10.0 Å². The van der Waals surface area contributed by atoms with Gasteiger partial charge < -0.3 is 4.74 Å². The minimum atomic E-state index is -3.12. The van der Waals surface area contributed by atoms with Crippen LogP contribution in [0.1, 0.15) is 12.0 Å². The van der Waals surface area contributed by atoms with Gasteiger partial charge in [0, 0.05) is 25.2 Å². The van der Waals surface area contributed by atoms with E-state index in [9.17, 15) is 8.42 Å². The highest BCUT2D eigenvalue weighted by Crippen LogP contribution is 2.30. The third-order valence-corrected chi connectivity index (χ3v) is 5.29. The second kappa shape index (κ2) is 7.09. The molecule has 1 N–H and O–H groups in total. The van der Waals surface area contributed by atoms with Crippen molar-refractivity contribution in [3.63, 3.8) is 0 Å². The van der Waals surface area contributed by atoms with E-state index in [0.29, 0.717) is 12.5 Å². The number of sulfonamides is 1. The van der Waals surface area contributed by atoms with Crippen LogP contribution >= 0.6 is 0 Å². The summed E-state index contributed by atoms with van der Waals surface area (Å²) in [6.07, 6.45) is 2.22. The molecule has 1 atom stereocenters. The minimum absolute atomic E-state index is 0.362. The van der Waals surface area contributed by atoms with Gasteiger partial charge in [-0.1, -0.05) is 30.3 Å². The number of likely N-dealkylation sites (tertiary alicyclic amines) is 1. The Balaban J connectivity index is 1.74. The summed E-state index contributed by atoms with van der Waals surface area (Å²) in [7, 11) is -1.41. The summed E-state index contributed by atoms with van der Waals surface area (Å²) in [6.45, 7) is 3.21. The fourth-order valence-corrected chi connectivity index (χ4v) is 3.92. The molecule has 0 bridgehead atoms. The van der Waals surface area contributed by atoms with Gasteiger partial charge in [0.25, 0.3) is 0 Å². The molecule has 130 valence electrons. The van der Waals surface area contributed by atoms with Crippen molar-refractivity contribution in [2.45, 2.75) is 13.0 Å². The van der Waals surface area contributed by atoms with Gasteiger partial charge in [0.15, 0.2) is 0 Å². The molecule has 1 saturated heterocycles. The van der Waals surface area contributed by atoms with E-state index in [1.807, 2.05) is 18.2 Å². The van der Waals surface area contributed by atoms with E-state index >= 15 is 0 Å². The van der Waals surface area contributed by atoms with Crippen molar-refractivity contribution < 1.29 is 13.2 Å². The molecule has 0 radical (unpaired) electrons. The van der Waals surface area contributed by atoms with Gasteiger partial charge >= 0.3 is 0 Å². The van der Waals surface area contributed by atoms with Crippen LogP contribution < -0.4 is 9.46 Å². The molecule has 0 aromatic heterocycles. The Kier molecular flexibility index (Phi) is 5.08. The molecular formula is C18H24N2O3S. The summed E-state index contributed by atoms with van der Waals surface area (Å²) in [6, 6.07) is 12.4. The highest BCUT2D eigenvalue weighted by atomic mass is 32.2. The fourth-order valence-electron chi connectivity index (χ4n) is 3.39. The van der Waals surface area contributed by atoms with Crippen molar-refractivity contribution in [1.29, 1.82) is 0 Å². The molecule has 0 unspecified atom stereocenters. The second-order valence-electron chi connectivity index (χ2n) is 6.48. The maximum Gasteiger partial charge on any atom is 0.208 e. The zero-order valence-corrected chi connectivity index (χ0v) is 15.0. The Morgan fingerprint density at radius 1 is 1.25 bits per heavy atom.